The molecule has 1 amide bonds. The number of carbonyl (C=O) groups is 2. The number of primary amides is 1. The lowest BCUT2D eigenvalue weighted by Gasteiger charge is -2.26. The Kier molecular flexibility index (Phi) is 4.93. The molecule has 16 heavy (non-hydrogen) atoms. The van der Waals surface area contributed by atoms with Gasteiger partial charge in [0.2, 0.25) is 5.91 Å². The van der Waals surface area contributed by atoms with Gasteiger partial charge >= 0.3 is 5.97 Å². The SMILES string of the molecule is COC(=O)C(C)(C)CNCC(C)(C)C(N)=O. The van der Waals surface area contributed by atoms with Gasteiger partial charge in [0.05, 0.1) is 17.9 Å². The lowest BCUT2D eigenvalue weighted by atomic mass is 9.90. The third-order valence-electron chi connectivity index (χ3n) is 2.54. The van der Waals surface area contributed by atoms with E-state index < -0.39 is 10.8 Å². The van der Waals surface area contributed by atoms with Gasteiger partial charge in [0.15, 0.2) is 0 Å². The summed E-state index contributed by atoms with van der Waals surface area (Å²) in [5.74, 6) is -0.646. The summed E-state index contributed by atoms with van der Waals surface area (Å²) < 4.78 is 4.67. The number of ether oxygens (including phenoxy) is 1. The van der Waals surface area contributed by atoms with Gasteiger partial charge in [-0.2, -0.15) is 0 Å². The standard InChI is InChI=1S/C11H22N2O3/c1-10(2,8(12)14)6-13-7-11(3,4)9(15)16-5/h13H,6-7H2,1-5H3,(H2,12,14). The van der Waals surface area contributed by atoms with Crippen molar-refractivity contribution >= 4 is 11.9 Å². The molecule has 0 atom stereocenters. The number of methoxy groups -OCH3 is 1. The maximum Gasteiger partial charge on any atom is 0.312 e. The summed E-state index contributed by atoms with van der Waals surface area (Å²) in [6, 6.07) is 0. The van der Waals surface area contributed by atoms with E-state index in [1.807, 2.05) is 0 Å². The number of hydrogen-bond donors (Lipinski definition) is 2. The Balaban J connectivity index is 4.18. The van der Waals surface area contributed by atoms with Crippen molar-refractivity contribution in [3.8, 4) is 0 Å². The molecular weight excluding hydrogens is 208 g/mol. The first-order valence-electron chi connectivity index (χ1n) is 5.22. The van der Waals surface area contributed by atoms with Crippen molar-refractivity contribution in [2.45, 2.75) is 27.7 Å². The molecule has 0 aromatic rings. The summed E-state index contributed by atoms with van der Waals surface area (Å²) >= 11 is 0. The van der Waals surface area contributed by atoms with Gasteiger partial charge in [-0.3, -0.25) is 9.59 Å². The predicted molar refractivity (Wildman–Crippen MR) is 61.6 cm³/mol. The summed E-state index contributed by atoms with van der Waals surface area (Å²) in [5.41, 5.74) is 4.01. The summed E-state index contributed by atoms with van der Waals surface area (Å²) in [6.07, 6.45) is 0. The molecule has 5 nitrogen and oxygen atoms in total. The second-order valence-corrected chi connectivity index (χ2v) is 5.23. The lowest BCUT2D eigenvalue weighted by Crippen LogP contribution is -2.44. The first kappa shape index (κ1) is 14.9. The average molecular weight is 230 g/mol. The molecule has 3 N–H and O–H groups in total. The van der Waals surface area contributed by atoms with Gasteiger partial charge in [-0.25, -0.2) is 0 Å². The van der Waals surface area contributed by atoms with Gasteiger partial charge in [-0.05, 0) is 27.7 Å². The van der Waals surface area contributed by atoms with Crippen molar-refractivity contribution in [2.75, 3.05) is 20.2 Å². The maximum atomic E-state index is 11.4. The number of hydrogen-bond acceptors (Lipinski definition) is 4. The van der Waals surface area contributed by atoms with Crippen LogP contribution in [0.4, 0.5) is 0 Å². The highest BCUT2D eigenvalue weighted by Crippen LogP contribution is 2.17. The molecule has 94 valence electrons. The highest BCUT2D eigenvalue weighted by atomic mass is 16.5. The molecule has 0 fully saturated rings. The van der Waals surface area contributed by atoms with E-state index in [1.54, 1.807) is 27.7 Å². The summed E-state index contributed by atoms with van der Waals surface area (Å²) in [6.45, 7) is 7.95. The van der Waals surface area contributed by atoms with Gasteiger partial charge in [-0.1, -0.05) is 0 Å². The largest absolute Gasteiger partial charge is 0.469 e. The van der Waals surface area contributed by atoms with Crippen LogP contribution < -0.4 is 11.1 Å². The lowest BCUT2D eigenvalue weighted by molar-refractivity contribution is -0.150. The van der Waals surface area contributed by atoms with Crippen molar-refractivity contribution in [3.63, 3.8) is 0 Å². The minimum absolute atomic E-state index is 0.281. The van der Waals surface area contributed by atoms with Crippen LogP contribution in [0.3, 0.4) is 0 Å². The molecule has 0 saturated heterocycles. The van der Waals surface area contributed by atoms with Crippen LogP contribution in [-0.4, -0.2) is 32.1 Å². The fraction of sp³-hybridized carbons (Fsp3) is 0.818. The van der Waals surface area contributed by atoms with Gasteiger partial charge in [-0.15, -0.1) is 0 Å². The minimum atomic E-state index is -0.619. The van der Waals surface area contributed by atoms with Gasteiger partial charge in [0.1, 0.15) is 0 Å². The van der Waals surface area contributed by atoms with E-state index in [9.17, 15) is 9.59 Å². The molecular formula is C11H22N2O3. The first-order chi connectivity index (χ1) is 7.13. The fourth-order valence-corrected chi connectivity index (χ4v) is 1.12. The predicted octanol–water partition coefficient (Wildman–Crippen LogP) is 0.287. The van der Waals surface area contributed by atoms with Crippen LogP contribution in [0.25, 0.3) is 0 Å². The van der Waals surface area contributed by atoms with Crippen LogP contribution in [0, 0.1) is 10.8 Å². The number of rotatable bonds is 6. The Morgan fingerprint density at radius 1 is 1.12 bits per heavy atom. The van der Waals surface area contributed by atoms with Gasteiger partial charge in [0, 0.05) is 13.1 Å². The van der Waals surface area contributed by atoms with Crippen LogP contribution in [0.15, 0.2) is 0 Å². The minimum Gasteiger partial charge on any atom is -0.469 e. The van der Waals surface area contributed by atoms with E-state index >= 15 is 0 Å². The van der Waals surface area contributed by atoms with E-state index in [0.717, 1.165) is 0 Å². The van der Waals surface area contributed by atoms with Crippen molar-refractivity contribution in [1.82, 2.24) is 5.32 Å². The molecule has 0 saturated carbocycles. The summed E-state index contributed by atoms with van der Waals surface area (Å²) in [5, 5.41) is 3.06. The number of amides is 1. The molecule has 0 aliphatic rings. The molecule has 0 spiro atoms. The molecule has 0 aliphatic heterocycles. The molecule has 0 aliphatic carbocycles. The highest BCUT2D eigenvalue weighted by Gasteiger charge is 2.30. The fourth-order valence-electron chi connectivity index (χ4n) is 1.12. The zero-order valence-electron chi connectivity index (χ0n) is 10.7. The number of nitrogens with one attached hydrogen (secondary N) is 1. The van der Waals surface area contributed by atoms with Crippen molar-refractivity contribution in [3.05, 3.63) is 0 Å². The molecule has 0 aromatic carbocycles. The third kappa shape index (κ3) is 4.18. The monoisotopic (exact) mass is 230 g/mol. The van der Waals surface area contributed by atoms with Crippen LogP contribution in [0.2, 0.25) is 0 Å². The molecule has 0 radical (unpaired) electrons. The highest BCUT2D eigenvalue weighted by molar-refractivity contribution is 5.80. The quantitative estimate of drug-likeness (QED) is 0.642. The average Bonchev–Trinajstić information content (AvgIpc) is 2.15. The first-order valence-corrected chi connectivity index (χ1v) is 5.22. The van der Waals surface area contributed by atoms with Crippen LogP contribution in [0.5, 0.6) is 0 Å². The normalized spacial score (nSPS) is 12.3. The topological polar surface area (TPSA) is 81.4 Å². The molecule has 0 bridgehead atoms. The Morgan fingerprint density at radius 2 is 1.56 bits per heavy atom. The Labute approximate surface area is 96.7 Å². The van der Waals surface area contributed by atoms with E-state index in [0.29, 0.717) is 13.1 Å². The van der Waals surface area contributed by atoms with E-state index in [4.69, 9.17) is 5.73 Å². The Hall–Kier alpha value is -1.10. The van der Waals surface area contributed by atoms with Crippen molar-refractivity contribution in [1.29, 1.82) is 0 Å². The van der Waals surface area contributed by atoms with Crippen molar-refractivity contribution < 1.29 is 14.3 Å². The molecule has 5 heteroatoms. The third-order valence-corrected chi connectivity index (χ3v) is 2.54. The van der Waals surface area contributed by atoms with Crippen LogP contribution in [-0.2, 0) is 14.3 Å². The van der Waals surface area contributed by atoms with Gasteiger partial charge in [0.25, 0.3) is 0 Å². The Morgan fingerprint density at radius 3 is 1.94 bits per heavy atom. The molecule has 0 heterocycles. The Bertz CT molecular complexity index is 272. The number of nitrogens with two attached hydrogens (primary N) is 1. The smallest absolute Gasteiger partial charge is 0.312 e. The van der Waals surface area contributed by atoms with Gasteiger partial charge < -0.3 is 15.8 Å². The number of carbonyl (C=O) groups excluding carboxylic acids is 2. The van der Waals surface area contributed by atoms with E-state index in [2.05, 4.69) is 10.1 Å². The van der Waals surface area contributed by atoms with E-state index in [-0.39, 0.29) is 11.9 Å². The summed E-state index contributed by atoms with van der Waals surface area (Å²) in [4.78, 5) is 22.4. The second-order valence-electron chi connectivity index (χ2n) is 5.23. The van der Waals surface area contributed by atoms with Crippen LogP contribution >= 0.6 is 0 Å². The number of esters is 1. The maximum absolute atomic E-state index is 11.4. The zero-order chi connectivity index (χ0) is 13.0. The second kappa shape index (κ2) is 5.30. The molecule has 0 aromatic heterocycles. The zero-order valence-corrected chi connectivity index (χ0v) is 10.7. The summed E-state index contributed by atoms with van der Waals surface area (Å²) in [7, 11) is 1.36. The van der Waals surface area contributed by atoms with Crippen LogP contribution in [0.1, 0.15) is 27.7 Å². The molecule has 0 unspecified atom stereocenters. The van der Waals surface area contributed by atoms with E-state index in [1.165, 1.54) is 7.11 Å². The van der Waals surface area contributed by atoms with Crippen molar-refractivity contribution in [2.24, 2.45) is 16.6 Å². The molecule has 0 rings (SSSR count).